The van der Waals surface area contributed by atoms with E-state index in [1.54, 1.807) is 6.92 Å². The first-order chi connectivity index (χ1) is 13.2. The van der Waals surface area contributed by atoms with Crippen molar-refractivity contribution < 1.29 is 9.53 Å². The number of amides is 1. The van der Waals surface area contributed by atoms with E-state index in [1.165, 1.54) is 0 Å². The Kier molecular flexibility index (Phi) is 7.71. The third-order valence-corrected chi connectivity index (χ3v) is 4.34. The molecule has 28 heavy (non-hydrogen) atoms. The summed E-state index contributed by atoms with van der Waals surface area (Å²) in [5.41, 5.74) is 8.03. The van der Waals surface area contributed by atoms with Crippen LogP contribution in [0.2, 0.25) is 0 Å². The number of nitrogens with one attached hydrogen (secondary N) is 2. The quantitative estimate of drug-likeness (QED) is 0.510. The smallest absolute Gasteiger partial charge is 0.261 e. The van der Waals surface area contributed by atoms with Crippen LogP contribution in [0.3, 0.4) is 0 Å². The van der Waals surface area contributed by atoms with Crippen LogP contribution in [0.4, 0.5) is 5.69 Å². The van der Waals surface area contributed by atoms with Crippen LogP contribution in [0.15, 0.2) is 42.5 Å². The van der Waals surface area contributed by atoms with Gasteiger partial charge in [0, 0.05) is 29.4 Å². The van der Waals surface area contributed by atoms with Crippen LogP contribution in [0.1, 0.15) is 27.7 Å². The van der Waals surface area contributed by atoms with Gasteiger partial charge in [-0.05, 0) is 39.8 Å². The summed E-state index contributed by atoms with van der Waals surface area (Å²) in [6.07, 6.45) is -0.697. The molecule has 0 aliphatic carbocycles. The molecule has 2 rings (SSSR count). The Bertz CT molecular complexity index is 778. The van der Waals surface area contributed by atoms with Crippen LogP contribution in [0, 0.1) is 0 Å². The molecule has 0 spiro atoms. The van der Waals surface area contributed by atoms with Gasteiger partial charge in [-0.25, -0.2) is 4.98 Å². The lowest BCUT2D eigenvalue weighted by Crippen LogP contribution is -2.46. The normalized spacial score (nSPS) is 13.5. The van der Waals surface area contributed by atoms with Crippen LogP contribution in [-0.2, 0) is 4.79 Å². The number of nitrogens with two attached hydrogens (primary N) is 1. The number of aromatic nitrogens is 1. The molecule has 4 N–H and O–H groups in total. The van der Waals surface area contributed by atoms with Crippen molar-refractivity contribution in [3.05, 3.63) is 42.5 Å². The van der Waals surface area contributed by atoms with Gasteiger partial charge in [0.2, 0.25) is 5.88 Å². The van der Waals surface area contributed by atoms with E-state index >= 15 is 0 Å². The lowest BCUT2D eigenvalue weighted by Gasteiger charge is -2.24. The number of carbonyl (C=O) groups is 1. The fourth-order valence-corrected chi connectivity index (χ4v) is 2.56. The summed E-state index contributed by atoms with van der Waals surface area (Å²) < 4.78 is 5.94. The summed E-state index contributed by atoms with van der Waals surface area (Å²) in [6, 6.07) is 13.5. The number of ether oxygens (including phenoxy) is 1. The molecule has 0 aliphatic heterocycles. The summed E-state index contributed by atoms with van der Waals surface area (Å²) in [6.45, 7) is 8.02. The van der Waals surface area contributed by atoms with Gasteiger partial charge < -0.3 is 21.1 Å². The van der Waals surface area contributed by atoms with Gasteiger partial charge in [0.15, 0.2) is 6.10 Å². The van der Waals surface area contributed by atoms with Crippen molar-refractivity contribution in [3.8, 4) is 17.1 Å². The van der Waals surface area contributed by atoms with Gasteiger partial charge in [-0.15, -0.1) is 0 Å². The predicted octanol–water partition coefficient (Wildman–Crippen LogP) is 3.10. The average Bonchev–Trinajstić information content (AvgIpc) is 2.66. The van der Waals surface area contributed by atoms with Gasteiger partial charge in [-0.3, -0.25) is 4.79 Å². The first-order valence-electron chi connectivity index (χ1n) is 9.35. The van der Waals surface area contributed by atoms with E-state index in [9.17, 15) is 4.79 Å². The minimum Gasteiger partial charge on any atom is -0.463 e. The molecule has 0 saturated heterocycles. The molecule has 0 fully saturated rings. The molecule has 0 radical (unpaired) electrons. The minimum absolute atomic E-state index is 0.105. The van der Waals surface area contributed by atoms with Gasteiger partial charge in [0.05, 0.1) is 11.4 Å². The molecule has 1 amide bonds. The molecule has 1 unspecified atom stereocenters. The lowest BCUT2D eigenvalue weighted by atomic mass is 10.1. The highest BCUT2D eigenvalue weighted by Crippen LogP contribution is 2.28. The topological polar surface area (TPSA) is 89.3 Å². The van der Waals surface area contributed by atoms with Crippen molar-refractivity contribution in [2.24, 2.45) is 5.73 Å². The molecular formula is C21H30N4O2S. The molecule has 2 atom stereocenters. The number of hydrogen-bond donors (Lipinski definition) is 4. The molecule has 1 heterocycles. The minimum atomic E-state index is -0.697. The number of thiol groups is 1. The van der Waals surface area contributed by atoms with E-state index in [-0.39, 0.29) is 17.5 Å². The Morgan fingerprint density at radius 3 is 2.50 bits per heavy atom. The molecule has 0 bridgehead atoms. The molecule has 1 aromatic heterocycles. The first-order valence-corrected chi connectivity index (χ1v) is 9.98. The number of carbonyl (C=O) groups excluding carboxylic acids is 1. The van der Waals surface area contributed by atoms with Crippen LogP contribution in [0.5, 0.6) is 5.88 Å². The largest absolute Gasteiger partial charge is 0.463 e. The van der Waals surface area contributed by atoms with Crippen LogP contribution < -0.4 is 21.1 Å². The Morgan fingerprint density at radius 1 is 1.21 bits per heavy atom. The van der Waals surface area contributed by atoms with Gasteiger partial charge in [-0.2, -0.15) is 12.6 Å². The standard InChI is InChI=1S/C21H30N4O2S/c1-14(19(26)25-21(2,3)4)27-20-18(23-12-16(22)13-28)11-10-17(24-20)15-8-6-5-7-9-15/h5-11,14,16,23,28H,12-13,22H2,1-4H3,(H,25,26)/t14-,16?/m1/s1. The summed E-state index contributed by atoms with van der Waals surface area (Å²) in [5, 5.41) is 6.16. The molecule has 6 nitrogen and oxygen atoms in total. The van der Waals surface area contributed by atoms with Gasteiger partial charge >= 0.3 is 0 Å². The maximum atomic E-state index is 12.4. The molecule has 0 saturated carbocycles. The highest BCUT2D eigenvalue weighted by Gasteiger charge is 2.22. The summed E-state index contributed by atoms with van der Waals surface area (Å²) >= 11 is 4.21. The number of pyridine rings is 1. The monoisotopic (exact) mass is 402 g/mol. The highest BCUT2D eigenvalue weighted by atomic mass is 32.1. The Balaban J connectivity index is 2.27. The van der Waals surface area contributed by atoms with E-state index in [0.717, 1.165) is 11.3 Å². The molecule has 1 aromatic carbocycles. The second kappa shape index (κ2) is 9.80. The van der Waals surface area contributed by atoms with Gasteiger partial charge in [0.1, 0.15) is 0 Å². The zero-order valence-corrected chi connectivity index (χ0v) is 17.8. The predicted molar refractivity (Wildman–Crippen MR) is 118 cm³/mol. The van der Waals surface area contributed by atoms with E-state index in [4.69, 9.17) is 10.5 Å². The third kappa shape index (κ3) is 6.73. The fraction of sp³-hybridized carbons (Fsp3) is 0.429. The molecule has 152 valence electrons. The summed E-state index contributed by atoms with van der Waals surface area (Å²) in [4.78, 5) is 17.1. The maximum Gasteiger partial charge on any atom is 0.261 e. The van der Waals surface area contributed by atoms with E-state index in [2.05, 4.69) is 28.2 Å². The van der Waals surface area contributed by atoms with Gasteiger partial charge in [0.25, 0.3) is 5.91 Å². The molecule has 2 aromatic rings. The van der Waals surface area contributed by atoms with Crippen LogP contribution >= 0.6 is 12.6 Å². The average molecular weight is 403 g/mol. The van der Waals surface area contributed by atoms with Gasteiger partial charge in [-0.1, -0.05) is 30.3 Å². The second-order valence-electron chi connectivity index (χ2n) is 7.74. The maximum absolute atomic E-state index is 12.4. The number of nitrogens with zero attached hydrogens (tertiary/aromatic N) is 1. The summed E-state index contributed by atoms with van der Waals surface area (Å²) in [7, 11) is 0. The van der Waals surface area contributed by atoms with E-state index < -0.39 is 6.10 Å². The molecular weight excluding hydrogens is 372 g/mol. The van der Waals surface area contributed by atoms with Crippen molar-refractivity contribution in [2.45, 2.75) is 45.4 Å². The van der Waals surface area contributed by atoms with Crippen molar-refractivity contribution in [3.63, 3.8) is 0 Å². The Morgan fingerprint density at radius 2 is 1.89 bits per heavy atom. The SMILES string of the molecule is C[C@@H](Oc1nc(-c2ccccc2)ccc1NCC(N)CS)C(=O)NC(C)(C)C. The number of rotatable bonds is 8. The van der Waals surface area contributed by atoms with Crippen LogP contribution in [0.25, 0.3) is 11.3 Å². The number of benzene rings is 1. The van der Waals surface area contributed by atoms with Crippen molar-refractivity contribution in [2.75, 3.05) is 17.6 Å². The van der Waals surface area contributed by atoms with Crippen molar-refractivity contribution >= 4 is 24.2 Å². The van der Waals surface area contributed by atoms with Crippen molar-refractivity contribution in [1.29, 1.82) is 0 Å². The number of hydrogen-bond acceptors (Lipinski definition) is 6. The van der Waals surface area contributed by atoms with Crippen LogP contribution in [-0.4, -0.2) is 40.9 Å². The molecule has 7 heteroatoms. The first kappa shape index (κ1) is 22.0. The Hall–Kier alpha value is -2.25. The van der Waals surface area contributed by atoms with E-state index in [1.807, 2.05) is 63.2 Å². The van der Waals surface area contributed by atoms with Crippen molar-refractivity contribution in [1.82, 2.24) is 10.3 Å². The zero-order chi connectivity index (χ0) is 20.7. The highest BCUT2D eigenvalue weighted by molar-refractivity contribution is 7.80. The fourth-order valence-electron chi connectivity index (χ4n) is 2.43. The third-order valence-electron chi connectivity index (χ3n) is 3.87. The lowest BCUT2D eigenvalue weighted by molar-refractivity contribution is -0.128. The Labute approximate surface area is 172 Å². The zero-order valence-electron chi connectivity index (χ0n) is 16.9. The second-order valence-corrected chi connectivity index (χ2v) is 8.10. The molecule has 0 aliphatic rings. The number of anilines is 1. The van der Waals surface area contributed by atoms with E-state index in [0.29, 0.717) is 23.9 Å². The summed E-state index contributed by atoms with van der Waals surface area (Å²) in [5.74, 6) is 0.727.